The number of pyridine rings is 1. The normalized spacial score (nSPS) is 27.0. The highest BCUT2D eigenvalue weighted by Gasteiger charge is 2.45. The van der Waals surface area contributed by atoms with Gasteiger partial charge >= 0.3 is 6.09 Å². The number of carbonyl (C=O) groups is 1. The molecular formula is C19H31N3O4. The molecule has 1 amide bonds. The number of rotatable bonds is 2. The first-order chi connectivity index (χ1) is 11.9. The molecule has 1 aromatic rings. The number of aromatic nitrogens is 1. The summed E-state index contributed by atoms with van der Waals surface area (Å²) >= 11 is 0. The molecule has 1 fully saturated rings. The third-order valence-electron chi connectivity index (χ3n) is 4.29. The van der Waals surface area contributed by atoms with Gasteiger partial charge in [0.15, 0.2) is 0 Å². The van der Waals surface area contributed by atoms with E-state index in [1.54, 1.807) is 33.2 Å². The minimum Gasteiger partial charge on any atom is -0.444 e. The average molecular weight is 365 g/mol. The molecule has 0 aliphatic carbocycles. The molecule has 0 spiro atoms. The lowest BCUT2D eigenvalue weighted by molar-refractivity contribution is -0.171. The van der Waals surface area contributed by atoms with Crippen molar-refractivity contribution < 1.29 is 19.4 Å². The van der Waals surface area contributed by atoms with E-state index in [2.05, 4.69) is 10.3 Å². The molecule has 0 radical (unpaired) electrons. The Morgan fingerprint density at radius 2 is 2.00 bits per heavy atom. The van der Waals surface area contributed by atoms with Gasteiger partial charge < -0.3 is 25.6 Å². The van der Waals surface area contributed by atoms with Gasteiger partial charge in [0.1, 0.15) is 11.7 Å². The van der Waals surface area contributed by atoms with Crippen LogP contribution in [0.1, 0.15) is 59.6 Å². The molecule has 26 heavy (non-hydrogen) atoms. The predicted octanol–water partition coefficient (Wildman–Crippen LogP) is 2.79. The molecule has 0 saturated carbocycles. The second-order valence-corrected chi connectivity index (χ2v) is 8.89. The Kier molecular flexibility index (Phi) is 5.82. The van der Waals surface area contributed by atoms with E-state index in [1.165, 1.54) is 0 Å². The molecule has 4 N–H and O–H groups in total. The molecule has 1 saturated heterocycles. The van der Waals surface area contributed by atoms with Crippen LogP contribution in [0.3, 0.4) is 0 Å². The molecule has 1 aliphatic heterocycles. The summed E-state index contributed by atoms with van der Waals surface area (Å²) in [5.74, 6) is 0. The molecule has 2 heterocycles. The summed E-state index contributed by atoms with van der Waals surface area (Å²) in [7, 11) is 0. The Morgan fingerprint density at radius 1 is 1.35 bits per heavy atom. The molecule has 0 aromatic carbocycles. The van der Waals surface area contributed by atoms with E-state index < -0.39 is 29.9 Å². The van der Waals surface area contributed by atoms with Crippen molar-refractivity contribution in [2.75, 3.05) is 5.73 Å². The number of alkyl carbamates (subject to hydrolysis) is 1. The van der Waals surface area contributed by atoms with E-state index in [1.807, 2.05) is 26.8 Å². The number of ether oxygens (including phenoxy) is 2. The number of aliphatic hydroxyl groups is 1. The molecular weight excluding hydrogens is 334 g/mol. The van der Waals surface area contributed by atoms with Gasteiger partial charge in [-0.05, 0) is 32.3 Å². The second-order valence-electron chi connectivity index (χ2n) is 8.89. The molecule has 146 valence electrons. The first kappa shape index (κ1) is 20.5. The van der Waals surface area contributed by atoms with Crippen LogP contribution in [0.25, 0.3) is 0 Å². The largest absolute Gasteiger partial charge is 0.444 e. The third-order valence-corrected chi connectivity index (χ3v) is 4.29. The summed E-state index contributed by atoms with van der Waals surface area (Å²) in [4.78, 5) is 16.2. The van der Waals surface area contributed by atoms with Gasteiger partial charge in [-0.25, -0.2) is 4.79 Å². The highest BCUT2D eigenvalue weighted by Crippen LogP contribution is 2.40. The van der Waals surface area contributed by atoms with Crippen LogP contribution in [0.2, 0.25) is 0 Å². The highest BCUT2D eigenvalue weighted by molar-refractivity contribution is 5.68. The topological polar surface area (TPSA) is 107 Å². The van der Waals surface area contributed by atoms with E-state index in [9.17, 15) is 9.90 Å². The number of nitrogen functional groups attached to an aromatic ring is 1. The Balaban J connectivity index is 2.25. The maximum atomic E-state index is 12.2. The van der Waals surface area contributed by atoms with Gasteiger partial charge in [0.05, 0.1) is 30.1 Å². The van der Waals surface area contributed by atoms with Crippen molar-refractivity contribution in [2.24, 2.45) is 5.41 Å². The number of nitrogens with zero attached hydrogens (tertiary/aromatic N) is 1. The van der Waals surface area contributed by atoms with Crippen molar-refractivity contribution in [2.45, 2.75) is 77.9 Å². The first-order valence-corrected chi connectivity index (χ1v) is 8.91. The fourth-order valence-electron chi connectivity index (χ4n) is 3.12. The maximum Gasteiger partial charge on any atom is 0.407 e. The summed E-state index contributed by atoms with van der Waals surface area (Å²) in [5.41, 5.74) is 6.44. The van der Waals surface area contributed by atoms with Crippen LogP contribution in [0, 0.1) is 5.41 Å². The quantitative estimate of drug-likeness (QED) is 0.744. The number of amides is 1. The molecule has 7 nitrogen and oxygen atoms in total. The summed E-state index contributed by atoms with van der Waals surface area (Å²) in [6.45, 7) is 11.4. The van der Waals surface area contributed by atoms with Gasteiger partial charge in [-0.15, -0.1) is 0 Å². The Bertz CT molecular complexity index is 636. The third kappa shape index (κ3) is 5.08. The van der Waals surface area contributed by atoms with Gasteiger partial charge in [0, 0.05) is 18.2 Å². The van der Waals surface area contributed by atoms with E-state index in [0.29, 0.717) is 12.1 Å². The van der Waals surface area contributed by atoms with Crippen molar-refractivity contribution in [3.05, 3.63) is 24.0 Å². The summed E-state index contributed by atoms with van der Waals surface area (Å²) in [5, 5.41) is 13.6. The van der Waals surface area contributed by atoms with Crippen LogP contribution in [-0.4, -0.2) is 40.0 Å². The standard InChI is InChI=1S/C19H31N3O4/c1-18(2,3)16-15(23)13(22-17(24)26-19(4,5)6)9-14(25-16)11-7-8-21-10-12(11)20/h7-8,10,13-16,23H,9,20H2,1-6H3,(H,22,24). The lowest BCUT2D eigenvalue weighted by atomic mass is 9.79. The van der Waals surface area contributed by atoms with Crippen LogP contribution < -0.4 is 11.1 Å². The van der Waals surface area contributed by atoms with Crippen molar-refractivity contribution >= 4 is 11.8 Å². The number of carbonyl (C=O) groups excluding carboxylic acids is 1. The van der Waals surface area contributed by atoms with E-state index in [4.69, 9.17) is 15.2 Å². The van der Waals surface area contributed by atoms with Crippen LogP contribution in [0.15, 0.2) is 18.5 Å². The van der Waals surface area contributed by atoms with Gasteiger partial charge in [0.25, 0.3) is 0 Å². The lowest BCUT2D eigenvalue weighted by Gasteiger charge is -2.45. The Labute approximate surface area is 155 Å². The monoisotopic (exact) mass is 365 g/mol. The number of anilines is 1. The zero-order valence-corrected chi connectivity index (χ0v) is 16.4. The maximum absolute atomic E-state index is 12.2. The fraction of sp³-hybridized carbons (Fsp3) is 0.684. The average Bonchev–Trinajstić information content (AvgIpc) is 2.47. The fourth-order valence-corrected chi connectivity index (χ4v) is 3.12. The predicted molar refractivity (Wildman–Crippen MR) is 99.5 cm³/mol. The minimum atomic E-state index is -0.859. The van der Waals surface area contributed by atoms with Gasteiger partial charge in [0.2, 0.25) is 0 Å². The van der Waals surface area contributed by atoms with Crippen molar-refractivity contribution in [3.63, 3.8) is 0 Å². The molecule has 7 heteroatoms. The van der Waals surface area contributed by atoms with Gasteiger partial charge in [-0.1, -0.05) is 20.8 Å². The molecule has 4 unspecified atom stereocenters. The summed E-state index contributed by atoms with van der Waals surface area (Å²) < 4.78 is 11.5. The number of aliphatic hydroxyl groups excluding tert-OH is 1. The number of nitrogens with two attached hydrogens (primary N) is 1. The smallest absolute Gasteiger partial charge is 0.407 e. The Hall–Kier alpha value is -1.86. The van der Waals surface area contributed by atoms with Crippen LogP contribution in [0.5, 0.6) is 0 Å². The molecule has 0 bridgehead atoms. The van der Waals surface area contributed by atoms with Crippen molar-refractivity contribution in [1.82, 2.24) is 10.3 Å². The number of hydrogen-bond donors (Lipinski definition) is 3. The second kappa shape index (κ2) is 7.40. The highest BCUT2D eigenvalue weighted by atomic mass is 16.6. The number of nitrogens with one attached hydrogen (secondary N) is 1. The first-order valence-electron chi connectivity index (χ1n) is 8.91. The lowest BCUT2D eigenvalue weighted by Crippen LogP contribution is -2.57. The summed E-state index contributed by atoms with van der Waals surface area (Å²) in [6.07, 6.45) is 1.37. The van der Waals surface area contributed by atoms with Gasteiger partial charge in [-0.3, -0.25) is 4.98 Å². The van der Waals surface area contributed by atoms with E-state index >= 15 is 0 Å². The minimum absolute atomic E-state index is 0.326. The SMILES string of the molecule is CC(C)(C)OC(=O)NC1CC(c2ccncc2N)OC(C(C)(C)C)C1O. The van der Waals surface area contributed by atoms with Crippen molar-refractivity contribution in [1.29, 1.82) is 0 Å². The zero-order valence-electron chi connectivity index (χ0n) is 16.4. The Morgan fingerprint density at radius 3 is 2.54 bits per heavy atom. The van der Waals surface area contributed by atoms with E-state index in [0.717, 1.165) is 5.56 Å². The van der Waals surface area contributed by atoms with Crippen molar-refractivity contribution in [3.8, 4) is 0 Å². The van der Waals surface area contributed by atoms with E-state index in [-0.39, 0.29) is 11.5 Å². The van der Waals surface area contributed by atoms with Crippen LogP contribution in [-0.2, 0) is 9.47 Å². The van der Waals surface area contributed by atoms with Crippen LogP contribution in [0.4, 0.5) is 10.5 Å². The summed E-state index contributed by atoms with van der Waals surface area (Å²) in [6, 6.07) is 1.29. The molecule has 2 rings (SSSR count). The van der Waals surface area contributed by atoms with Gasteiger partial charge in [-0.2, -0.15) is 0 Å². The molecule has 1 aliphatic rings. The zero-order chi connectivity index (χ0) is 19.7. The molecule has 4 atom stereocenters. The number of hydrogen-bond acceptors (Lipinski definition) is 6. The van der Waals surface area contributed by atoms with Crippen LogP contribution >= 0.6 is 0 Å². The molecule has 1 aromatic heterocycles.